The summed E-state index contributed by atoms with van der Waals surface area (Å²) in [6.07, 6.45) is 6.89. The Morgan fingerprint density at radius 3 is 2.87 bits per heavy atom. The first-order valence-electron chi connectivity index (χ1n) is 7.18. The number of H-pyrrole nitrogens is 1. The van der Waals surface area contributed by atoms with E-state index in [0.29, 0.717) is 22.8 Å². The van der Waals surface area contributed by atoms with Crippen molar-refractivity contribution in [3.05, 3.63) is 42.2 Å². The van der Waals surface area contributed by atoms with Crippen LogP contribution in [-0.2, 0) is 0 Å². The minimum absolute atomic E-state index is 0.00909. The van der Waals surface area contributed by atoms with E-state index in [1.165, 1.54) is 0 Å². The van der Waals surface area contributed by atoms with Crippen molar-refractivity contribution < 1.29 is 4.42 Å². The second-order valence-corrected chi connectivity index (χ2v) is 5.42. The van der Waals surface area contributed by atoms with E-state index in [1.807, 2.05) is 24.7 Å². The lowest BCUT2D eigenvalue weighted by atomic mass is 10.2. The number of aromatic amines is 1. The zero-order chi connectivity index (χ0) is 16.0. The minimum atomic E-state index is -0.00909. The van der Waals surface area contributed by atoms with Crippen molar-refractivity contribution in [1.82, 2.24) is 29.9 Å². The molecule has 0 aliphatic heterocycles. The van der Waals surface area contributed by atoms with E-state index in [4.69, 9.17) is 10.2 Å². The summed E-state index contributed by atoms with van der Waals surface area (Å²) >= 11 is 0. The average Bonchev–Trinajstić information content (AvgIpc) is 3.26. The summed E-state index contributed by atoms with van der Waals surface area (Å²) in [5.74, 6) is 0.451. The van der Waals surface area contributed by atoms with Gasteiger partial charge in [0.25, 0.3) is 0 Å². The molecular formula is C15H15N7O. The molecule has 0 aromatic carbocycles. The number of nitrogens with zero attached hydrogens (tertiary/aromatic N) is 5. The molecule has 0 bridgehead atoms. The van der Waals surface area contributed by atoms with Crippen LogP contribution in [-0.4, -0.2) is 29.9 Å². The first kappa shape index (κ1) is 13.5. The van der Waals surface area contributed by atoms with Gasteiger partial charge in [-0.15, -0.1) is 0 Å². The van der Waals surface area contributed by atoms with Gasteiger partial charge in [0.1, 0.15) is 23.0 Å². The van der Waals surface area contributed by atoms with Gasteiger partial charge in [-0.05, 0) is 19.9 Å². The van der Waals surface area contributed by atoms with E-state index in [9.17, 15) is 0 Å². The molecule has 0 spiro atoms. The van der Waals surface area contributed by atoms with Crippen molar-refractivity contribution in [3.63, 3.8) is 0 Å². The monoisotopic (exact) mass is 309 g/mol. The normalized spacial score (nSPS) is 12.8. The largest absolute Gasteiger partial charge is 0.443 e. The molecule has 4 rings (SSSR count). The highest BCUT2D eigenvalue weighted by atomic mass is 16.3. The molecule has 1 atom stereocenters. The molecule has 0 aliphatic rings. The van der Waals surface area contributed by atoms with Gasteiger partial charge in [-0.2, -0.15) is 10.2 Å². The standard InChI is InChI=1S/C15H15N7O/c1-8-7-23-15(20-8)12-3-11(16)14-13(21-12)6-19-22(14)9(2)10-4-17-18-5-10/h3-7,9H,1-2H3,(H2,16,21)(H,17,18). The van der Waals surface area contributed by atoms with Gasteiger partial charge >= 0.3 is 0 Å². The van der Waals surface area contributed by atoms with E-state index in [1.54, 1.807) is 24.7 Å². The molecule has 1 unspecified atom stereocenters. The van der Waals surface area contributed by atoms with Gasteiger partial charge in [0, 0.05) is 11.8 Å². The quantitative estimate of drug-likeness (QED) is 0.600. The van der Waals surface area contributed by atoms with Crippen molar-refractivity contribution in [2.24, 2.45) is 0 Å². The zero-order valence-electron chi connectivity index (χ0n) is 12.7. The van der Waals surface area contributed by atoms with Crippen LogP contribution >= 0.6 is 0 Å². The first-order chi connectivity index (χ1) is 11.1. The number of nitrogen functional groups attached to an aromatic ring is 1. The molecule has 0 amide bonds. The number of anilines is 1. The van der Waals surface area contributed by atoms with Crippen LogP contribution in [0, 0.1) is 6.92 Å². The Morgan fingerprint density at radius 1 is 1.30 bits per heavy atom. The fraction of sp³-hybridized carbons (Fsp3) is 0.200. The summed E-state index contributed by atoms with van der Waals surface area (Å²) < 4.78 is 7.24. The van der Waals surface area contributed by atoms with Crippen molar-refractivity contribution >= 4 is 16.7 Å². The number of pyridine rings is 1. The predicted octanol–water partition coefficient (Wildman–Crippen LogP) is 2.31. The van der Waals surface area contributed by atoms with E-state index in [0.717, 1.165) is 16.8 Å². The molecule has 3 N–H and O–H groups in total. The minimum Gasteiger partial charge on any atom is -0.443 e. The average molecular weight is 309 g/mol. The van der Waals surface area contributed by atoms with Gasteiger partial charge in [-0.25, -0.2) is 9.97 Å². The van der Waals surface area contributed by atoms with Crippen molar-refractivity contribution in [2.75, 3.05) is 5.73 Å². The second kappa shape index (κ2) is 4.94. The number of nitrogens with two attached hydrogens (primary N) is 1. The number of oxazole rings is 1. The zero-order valence-corrected chi connectivity index (χ0v) is 12.7. The molecule has 0 radical (unpaired) electrons. The van der Waals surface area contributed by atoms with Crippen LogP contribution in [0.4, 0.5) is 5.69 Å². The topological polar surface area (TPSA) is 111 Å². The number of aromatic nitrogens is 6. The molecule has 4 heterocycles. The molecule has 0 saturated carbocycles. The molecule has 23 heavy (non-hydrogen) atoms. The fourth-order valence-corrected chi connectivity index (χ4v) is 2.60. The molecule has 4 aromatic rings. The molecule has 0 fully saturated rings. The maximum Gasteiger partial charge on any atom is 0.245 e. The SMILES string of the molecule is Cc1coc(-c2cc(N)c3c(cnn3C(C)c3cn[nH]c3)n2)n1. The van der Waals surface area contributed by atoms with E-state index >= 15 is 0 Å². The van der Waals surface area contributed by atoms with Gasteiger partial charge in [0.2, 0.25) is 5.89 Å². The van der Waals surface area contributed by atoms with Gasteiger partial charge in [0.15, 0.2) is 0 Å². The summed E-state index contributed by atoms with van der Waals surface area (Å²) in [4.78, 5) is 8.85. The van der Waals surface area contributed by atoms with Crippen LogP contribution in [0.25, 0.3) is 22.6 Å². The Labute approximate surface area is 131 Å². The van der Waals surface area contributed by atoms with E-state index in [2.05, 4.69) is 25.3 Å². The van der Waals surface area contributed by atoms with Gasteiger partial charge in [-0.1, -0.05) is 0 Å². The molecule has 116 valence electrons. The summed E-state index contributed by atoms with van der Waals surface area (Å²) in [6.45, 7) is 3.89. The lowest BCUT2D eigenvalue weighted by molar-refractivity contribution is 0.571. The Balaban J connectivity index is 1.84. The highest BCUT2D eigenvalue weighted by Gasteiger charge is 2.18. The molecule has 0 aliphatic carbocycles. The fourth-order valence-electron chi connectivity index (χ4n) is 2.60. The Morgan fingerprint density at radius 2 is 2.17 bits per heavy atom. The third-order valence-electron chi connectivity index (χ3n) is 3.79. The summed E-state index contributed by atoms with van der Waals surface area (Å²) in [6, 6.07) is 1.75. The van der Waals surface area contributed by atoms with Gasteiger partial charge in [-0.3, -0.25) is 9.78 Å². The van der Waals surface area contributed by atoms with Gasteiger partial charge < -0.3 is 10.2 Å². The molecule has 0 saturated heterocycles. The van der Waals surface area contributed by atoms with Crippen LogP contribution in [0.5, 0.6) is 0 Å². The van der Waals surface area contributed by atoms with Crippen molar-refractivity contribution in [2.45, 2.75) is 19.9 Å². The lowest BCUT2D eigenvalue weighted by Gasteiger charge is -2.12. The number of hydrogen-bond acceptors (Lipinski definition) is 6. The first-order valence-corrected chi connectivity index (χ1v) is 7.18. The number of rotatable bonds is 3. The summed E-state index contributed by atoms with van der Waals surface area (Å²) in [5, 5.41) is 11.2. The number of aryl methyl sites for hydroxylation is 1. The second-order valence-electron chi connectivity index (χ2n) is 5.42. The Hall–Kier alpha value is -3.16. The van der Waals surface area contributed by atoms with Crippen molar-refractivity contribution in [3.8, 4) is 11.6 Å². The molecular weight excluding hydrogens is 294 g/mol. The maximum atomic E-state index is 6.24. The smallest absolute Gasteiger partial charge is 0.245 e. The summed E-state index contributed by atoms with van der Waals surface area (Å²) in [5.41, 5.74) is 10.7. The summed E-state index contributed by atoms with van der Waals surface area (Å²) in [7, 11) is 0. The maximum absolute atomic E-state index is 6.24. The van der Waals surface area contributed by atoms with Gasteiger partial charge in [0.05, 0.1) is 29.8 Å². The number of hydrogen-bond donors (Lipinski definition) is 2. The van der Waals surface area contributed by atoms with Crippen LogP contribution in [0.2, 0.25) is 0 Å². The molecule has 8 nitrogen and oxygen atoms in total. The molecule has 4 aromatic heterocycles. The van der Waals surface area contributed by atoms with Crippen LogP contribution in [0.15, 0.2) is 35.3 Å². The van der Waals surface area contributed by atoms with E-state index in [-0.39, 0.29) is 6.04 Å². The Kier molecular flexibility index (Phi) is 2.90. The third-order valence-corrected chi connectivity index (χ3v) is 3.79. The number of fused-ring (bicyclic) bond motifs is 1. The predicted molar refractivity (Wildman–Crippen MR) is 84.6 cm³/mol. The van der Waals surface area contributed by atoms with Crippen LogP contribution in [0.1, 0.15) is 24.2 Å². The third kappa shape index (κ3) is 2.15. The Bertz CT molecular complexity index is 967. The highest BCUT2D eigenvalue weighted by molar-refractivity contribution is 5.89. The molecule has 8 heteroatoms. The number of nitrogens with one attached hydrogen (secondary N) is 1. The highest BCUT2D eigenvalue weighted by Crippen LogP contribution is 2.29. The van der Waals surface area contributed by atoms with Crippen molar-refractivity contribution in [1.29, 1.82) is 0 Å². The van der Waals surface area contributed by atoms with Crippen LogP contribution in [0.3, 0.4) is 0 Å². The lowest BCUT2D eigenvalue weighted by Crippen LogP contribution is -2.09. The van der Waals surface area contributed by atoms with Crippen LogP contribution < -0.4 is 5.73 Å². The van der Waals surface area contributed by atoms with E-state index < -0.39 is 0 Å².